The average molecular weight is 347 g/mol. The topological polar surface area (TPSA) is 91.3 Å². The van der Waals surface area contributed by atoms with Gasteiger partial charge in [-0.1, -0.05) is 30.3 Å². The van der Waals surface area contributed by atoms with Gasteiger partial charge in [-0.2, -0.15) is 0 Å². The number of hydrogen-bond donors (Lipinski definition) is 3. The van der Waals surface area contributed by atoms with Crippen molar-refractivity contribution in [2.75, 3.05) is 11.9 Å². The van der Waals surface area contributed by atoms with Gasteiger partial charge in [-0.3, -0.25) is 14.9 Å². The fraction of sp³-hybridized carbons (Fsp3) is 0.353. The van der Waals surface area contributed by atoms with E-state index in [1.807, 2.05) is 44.2 Å². The summed E-state index contributed by atoms with van der Waals surface area (Å²) in [4.78, 5) is 29.4. The highest BCUT2D eigenvalue weighted by atomic mass is 32.1. The van der Waals surface area contributed by atoms with Crippen molar-refractivity contribution in [1.29, 1.82) is 0 Å². The normalized spacial score (nSPS) is 11.8. The molecule has 6 nitrogen and oxygen atoms in total. The molecule has 0 spiro atoms. The van der Waals surface area contributed by atoms with Gasteiger partial charge in [0.05, 0.1) is 11.7 Å². The molecular weight excluding hydrogens is 326 g/mol. The molecule has 128 valence electrons. The van der Waals surface area contributed by atoms with Gasteiger partial charge in [0.2, 0.25) is 0 Å². The summed E-state index contributed by atoms with van der Waals surface area (Å²) in [5.41, 5.74) is 1.73. The maximum absolute atomic E-state index is 12.2. The Morgan fingerprint density at radius 1 is 1.21 bits per heavy atom. The second-order valence-corrected chi connectivity index (χ2v) is 6.62. The number of rotatable bonds is 6. The Balaban J connectivity index is 2.02. The van der Waals surface area contributed by atoms with E-state index in [9.17, 15) is 9.59 Å². The summed E-state index contributed by atoms with van der Waals surface area (Å²) >= 11 is 1.33. The number of amides is 2. The molecule has 1 atom stereocenters. The molecule has 0 aliphatic rings. The minimum Gasteiger partial charge on any atom is -0.396 e. The molecule has 0 fully saturated rings. The first-order chi connectivity index (χ1) is 11.5. The van der Waals surface area contributed by atoms with Crippen LogP contribution in [0.2, 0.25) is 0 Å². The number of aliphatic hydroxyl groups excluding tert-OH is 1. The van der Waals surface area contributed by atoms with Crippen molar-refractivity contribution >= 4 is 28.3 Å². The fourth-order valence-corrected chi connectivity index (χ4v) is 3.02. The summed E-state index contributed by atoms with van der Waals surface area (Å²) < 4.78 is 0. The summed E-state index contributed by atoms with van der Waals surface area (Å²) in [6.45, 7) is 3.79. The number of aliphatic hydroxyl groups is 1. The van der Waals surface area contributed by atoms with Crippen molar-refractivity contribution in [2.24, 2.45) is 0 Å². The molecule has 1 heterocycles. The average Bonchev–Trinajstić information content (AvgIpc) is 2.89. The van der Waals surface area contributed by atoms with Crippen LogP contribution in [-0.4, -0.2) is 28.5 Å². The van der Waals surface area contributed by atoms with Crippen LogP contribution in [-0.2, 0) is 9.59 Å². The molecule has 0 bridgehead atoms. The second-order valence-electron chi connectivity index (χ2n) is 5.42. The maximum Gasteiger partial charge on any atom is 0.315 e. The van der Waals surface area contributed by atoms with E-state index >= 15 is 0 Å². The monoisotopic (exact) mass is 347 g/mol. The molecule has 24 heavy (non-hydrogen) atoms. The highest BCUT2D eigenvalue weighted by Gasteiger charge is 2.21. The molecule has 7 heteroatoms. The number of aryl methyl sites for hydroxylation is 2. The zero-order chi connectivity index (χ0) is 17.5. The lowest BCUT2D eigenvalue weighted by Crippen LogP contribution is -2.37. The zero-order valence-electron chi connectivity index (χ0n) is 13.7. The van der Waals surface area contributed by atoms with Gasteiger partial charge in [-0.05, 0) is 32.3 Å². The minimum absolute atomic E-state index is 0.0308. The molecular formula is C17H21N3O3S. The third kappa shape index (κ3) is 4.87. The van der Waals surface area contributed by atoms with Crippen molar-refractivity contribution in [2.45, 2.75) is 32.7 Å². The summed E-state index contributed by atoms with van der Waals surface area (Å²) in [6.07, 6.45) is 1.08. The molecule has 1 aromatic heterocycles. The van der Waals surface area contributed by atoms with E-state index in [-0.39, 0.29) is 12.6 Å². The standard InChI is InChI=1S/C17H21N3O3S/c1-11-12(2)24-17(18-11)20-16(23)15(22)19-14(9-6-10-21)13-7-4-3-5-8-13/h3-5,7-8,14,21H,6,9-10H2,1-2H3,(H,19,22)(H,18,20,23)/t14-/m1/s1. The number of thiazole rings is 1. The predicted molar refractivity (Wildman–Crippen MR) is 93.9 cm³/mol. The number of carbonyl (C=O) groups excluding carboxylic acids is 2. The molecule has 3 N–H and O–H groups in total. The van der Waals surface area contributed by atoms with Gasteiger partial charge in [-0.15, -0.1) is 11.3 Å². The van der Waals surface area contributed by atoms with Crippen molar-refractivity contribution in [3.8, 4) is 0 Å². The van der Waals surface area contributed by atoms with Crippen molar-refractivity contribution in [3.63, 3.8) is 0 Å². The van der Waals surface area contributed by atoms with E-state index in [1.165, 1.54) is 11.3 Å². The SMILES string of the molecule is Cc1nc(NC(=O)C(=O)N[C@H](CCCO)c2ccccc2)sc1C. The van der Waals surface area contributed by atoms with Crippen LogP contribution >= 0.6 is 11.3 Å². The van der Waals surface area contributed by atoms with Crippen molar-refractivity contribution < 1.29 is 14.7 Å². The number of aromatic nitrogens is 1. The molecule has 0 unspecified atom stereocenters. The van der Waals surface area contributed by atoms with E-state index in [1.54, 1.807) is 0 Å². The molecule has 0 radical (unpaired) electrons. The van der Waals surface area contributed by atoms with Crippen LogP contribution in [0.25, 0.3) is 0 Å². The highest BCUT2D eigenvalue weighted by molar-refractivity contribution is 7.15. The van der Waals surface area contributed by atoms with Crippen LogP contribution < -0.4 is 10.6 Å². The lowest BCUT2D eigenvalue weighted by atomic mass is 10.0. The number of nitrogens with one attached hydrogen (secondary N) is 2. The van der Waals surface area contributed by atoms with E-state index in [2.05, 4.69) is 15.6 Å². The highest BCUT2D eigenvalue weighted by Crippen LogP contribution is 2.21. The van der Waals surface area contributed by atoms with Crippen molar-refractivity contribution in [3.05, 3.63) is 46.5 Å². The van der Waals surface area contributed by atoms with Gasteiger partial charge in [0.25, 0.3) is 0 Å². The molecule has 2 aromatic rings. The molecule has 0 saturated heterocycles. The van der Waals surface area contributed by atoms with E-state index < -0.39 is 11.8 Å². The Bertz CT molecular complexity index is 681. The molecule has 0 aliphatic carbocycles. The summed E-state index contributed by atoms with van der Waals surface area (Å²) in [5, 5.41) is 14.7. The van der Waals surface area contributed by atoms with E-state index in [4.69, 9.17) is 5.11 Å². The van der Waals surface area contributed by atoms with E-state index in [0.29, 0.717) is 18.0 Å². The van der Waals surface area contributed by atoms with Gasteiger partial charge < -0.3 is 10.4 Å². The van der Waals surface area contributed by atoms with Crippen LogP contribution in [0.3, 0.4) is 0 Å². The Labute approximate surface area is 144 Å². The quantitative estimate of drug-likeness (QED) is 0.700. The second kappa shape index (κ2) is 8.56. The van der Waals surface area contributed by atoms with Gasteiger partial charge >= 0.3 is 11.8 Å². The van der Waals surface area contributed by atoms with E-state index in [0.717, 1.165) is 16.1 Å². The first kappa shape index (κ1) is 18.1. The molecule has 0 aliphatic heterocycles. The third-order valence-corrected chi connectivity index (χ3v) is 4.60. The lowest BCUT2D eigenvalue weighted by molar-refractivity contribution is -0.136. The Morgan fingerprint density at radius 3 is 2.50 bits per heavy atom. The molecule has 1 aromatic carbocycles. The molecule has 0 saturated carbocycles. The minimum atomic E-state index is -0.742. The Morgan fingerprint density at radius 2 is 1.92 bits per heavy atom. The summed E-state index contributed by atoms with van der Waals surface area (Å²) in [6, 6.07) is 9.07. The van der Waals surface area contributed by atoms with Crippen LogP contribution in [0.4, 0.5) is 5.13 Å². The van der Waals surface area contributed by atoms with Crippen LogP contribution in [0, 0.1) is 13.8 Å². The first-order valence-electron chi connectivity index (χ1n) is 7.73. The van der Waals surface area contributed by atoms with Crippen LogP contribution in [0.5, 0.6) is 0 Å². The third-order valence-electron chi connectivity index (χ3n) is 3.61. The lowest BCUT2D eigenvalue weighted by Gasteiger charge is -2.18. The van der Waals surface area contributed by atoms with Gasteiger partial charge in [0.1, 0.15) is 0 Å². The number of hydrogen-bond acceptors (Lipinski definition) is 5. The van der Waals surface area contributed by atoms with Crippen LogP contribution in [0.1, 0.15) is 35.0 Å². The number of benzene rings is 1. The number of carbonyl (C=O) groups is 2. The van der Waals surface area contributed by atoms with Crippen LogP contribution in [0.15, 0.2) is 30.3 Å². The predicted octanol–water partition coefficient (Wildman–Crippen LogP) is 2.33. The maximum atomic E-state index is 12.2. The zero-order valence-corrected chi connectivity index (χ0v) is 14.5. The van der Waals surface area contributed by atoms with Crippen molar-refractivity contribution in [1.82, 2.24) is 10.3 Å². The summed E-state index contributed by atoms with van der Waals surface area (Å²) in [7, 11) is 0. The summed E-state index contributed by atoms with van der Waals surface area (Å²) in [5.74, 6) is -1.46. The largest absolute Gasteiger partial charge is 0.396 e. The number of nitrogens with zero attached hydrogens (tertiary/aromatic N) is 1. The van der Waals surface area contributed by atoms with Gasteiger partial charge in [-0.25, -0.2) is 4.98 Å². The fourth-order valence-electron chi connectivity index (χ4n) is 2.21. The smallest absolute Gasteiger partial charge is 0.315 e. The number of anilines is 1. The molecule has 2 rings (SSSR count). The van der Waals surface area contributed by atoms with Gasteiger partial charge in [0.15, 0.2) is 5.13 Å². The first-order valence-corrected chi connectivity index (χ1v) is 8.54. The van der Waals surface area contributed by atoms with Gasteiger partial charge in [0, 0.05) is 11.5 Å². The Kier molecular flexibility index (Phi) is 6.45. The molecule has 2 amide bonds. The Hall–Kier alpha value is -2.25.